The number of benzene rings is 1. The van der Waals surface area contributed by atoms with E-state index in [2.05, 4.69) is 21.2 Å². The van der Waals surface area contributed by atoms with Crippen LogP contribution in [-0.2, 0) is 11.2 Å². The van der Waals surface area contributed by atoms with Crippen molar-refractivity contribution in [2.24, 2.45) is 5.92 Å². The van der Waals surface area contributed by atoms with E-state index in [0.29, 0.717) is 42.0 Å². The Morgan fingerprint density at radius 2 is 2.11 bits per heavy atom. The Balaban J connectivity index is 1.54. The van der Waals surface area contributed by atoms with Crippen LogP contribution in [0.15, 0.2) is 27.1 Å². The number of carbonyl (C=O) groups excluding carboxylic acids is 1. The molecule has 1 aliphatic heterocycles. The van der Waals surface area contributed by atoms with Gasteiger partial charge in [0.25, 0.3) is 5.89 Å². The molecule has 3 heterocycles. The second-order valence-electron chi connectivity index (χ2n) is 7.37. The van der Waals surface area contributed by atoms with Crippen LogP contribution in [0.25, 0.3) is 23.0 Å². The number of β-amino-alcohol motifs (C(OH)–C–C–N with tert-alkyl or cyclic N) is 1. The summed E-state index contributed by atoms with van der Waals surface area (Å²) in [5.74, 6) is 2.18. The number of hydrogen-bond donors (Lipinski definition) is 1. The molecule has 2 aromatic heterocycles. The number of fused-ring (bicyclic) bond motifs is 3. The highest BCUT2D eigenvalue weighted by Crippen LogP contribution is 2.49. The predicted octanol–water partition coefficient (Wildman–Crippen LogP) is 2.45. The van der Waals surface area contributed by atoms with E-state index in [9.17, 15) is 9.90 Å². The van der Waals surface area contributed by atoms with Gasteiger partial charge in [-0.1, -0.05) is 23.4 Å². The molecule has 0 saturated carbocycles. The minimum atomic E-state index is -0.0336. The molecule has 8 nitrogen and oxygen atoms in total. The van der Waals surface area contributed by atoms with Gasteiger partial charge >= 0.3 is 0 Å². The van der Waals surface area contributed by atoms with E-state index in [1.54, 1.807) is 11.8 Å². The molecule has 3 aromatic rings. The second-order valence-corrected chi connectivity index (χ2v) is 7.37. The van der Waals surface area contributed by atoms with Crippen LogP contribution < -0.4 is 0 Å². The fourth-order valence-corrected chi connectivity index (χ4v) is 4.58. The van der Waals surface area contributed by atoms with E-state index in [-0.39, 0.29) is 24.5 Å². The number of oxazole rings is 1. The van der Waals surface area contributed by atoms with Crippen molar-refractivity contribution in [1.29, 1.82) is 0 Å². The lowest BCUT2D eigenvalue weighted by Crippen LogP contribution is -2.30. The predicted molar refractivity (Wildman–Crippen MR) is 98.1 cm³/mol. The molecule has 1 aliphatic carbocycles. The third-order valence-electron chi connectivity index (χ3n) is 5.64. The normalized spacial score (nSPS) is 20.7. The second kappa shape index (κ2) is 6.27. The summed E-state index contributed by atoms with van der Waals surface area (Å²) < 4.78 is 11.0. The summed E-state index contributed by atoms with van der Waals surface area (Å²) >= 11 is 0. The fraction of sp³-hybridized carbons (Fsp3) is 0.400. The Morgan fingerprint density at radius 3 is 2.86 bits per heavy atom. The molecule has 0 unspecified atom stereocenters. The molecule has 2 aliphatic rings. The van der Waals surface area contributed by atoms with E-state index in [0.717, 1.165) is 23.1 Å². The summed E-state index contributed by atoms with van der Waals surface area (Å²) in [7, 11) is 0. The zero-order chi connectivity index (χ0) is 19.4. The molecule has 144 valence electrons. The number of carbonyl (C=O) groups is 1. The SMILES string of the molecule is Cc1nc(C)c(-c2nc(-c3cccc4c3C[C@H]3CC(=O)N(CCO)[C@@H]43)no2)o1. The van der Waals surface area contributed by atoms with E-state index in [1.165, 1.54) is 0 Å². The van der Waals surface area contributed by atoms with Gasteiger partial charge in [-0.2, -0.15) is 4.98 Å². The molecule has 1 aromatic carbocycles. The van der Waals surface area contributed by atoms with Crippen molar-refractivity contribution in [3.63, 3.8) is 0 Å². The summed E-state index contributed by atoms with van der Waals surface area (Å²) in [6.45, 7) is 3.94. The van der Waals surface area contributed by atoms with E-state index in [1.807, 2.05) is 19.1 Å². The molecule has 8 heteroatoms. The summed E-state index contributed by atoms with van der Waals surface area (Å²) in [5, 5.41) is 13.5. The highest BCUT2D eigenvalue weighted by Gasteiger charge is 2.46. The monoisotopic (exact) mass is 380 g/mol. The van der Waals surface area contributed by atoms with E-state index in [4.69, 9.17) is 8.94 Å². The van der Waals surface area contributed by atoms with Gasteiger partial charge in [-0.25, -0.2) is 4.98 Å². The quantitative estimate of drug-likeness (QED) is 0.741. The number of aromatic nitrogens is 3. The van der Waals surface area contributed by atoms with Gasteiger partial charge in [-0.05, 0) is 30.4 Å². The zero-order valence-electron chi connectivity index (χ0n) is 15.7. The van der Waals surface area contributed by atoms with Crippen LogP contribution in [0.4, 0.5) is 0 Å². The largest absolute Gasteiger partial charge is 0.436 e. The Bertz CT molecular complexity index is 1070. The summed E-state index contributed by atoms with van der Waals surface area (Å²) in [5.41, 5.74) is 3.87. The molecular weight excluding hydrogens is 360 g/mol. The molecule has 0 spiro atoms. The first-order chi connectivity index (χ1) is 13.6. The topological polar surface area (TPSA) is 105 Å². The first-order valence-electron chi connectivity index (χ1n) is 9.37. The van der Waals surface area contributed by atoms with Crippen molar-refractivity contribution in [3.8, 4) is 23.0 Å². The highest BCUT2D eigenvalue weighted by atomic mass is 16.5. The lowest BCUT2D eigenvalue weighted by molar-refractivity contribution is -0.129. The number of likely N-dealkylation sites (tertiary alicyclic amines) is 1. The zero-order valence-corrected chi connectivity index (χ0v) is 15.7. The van der Waals surface area contributed by atoms with Gasteiger partial charge in [0.1, 0.15) is 0 Å². The van der Waals surface area contributed by atoms with Crippen LogP contribution in [0.1, 0.15) is 35.2 Å². The minimum Gasteiger partial charge on any atom is -0.436 e. The Kier molecular flexibility index (Phi) is 3.83. The number of rotatable bonds is 4. The number of amides is 1. The maximum atomic E-state index is 12.3. The lowest BCUT2D eigenvalue weighted by atomic mass is 10.0. The van der Waals surface area contributed by atoms with Crippen LogP contribution in [0, 0.1) is 19.8 Å². The maximum absolute atomic E-state index is 12.3. The Hall–Kier alpha value is -3.00. The van der Waals surface area contributed by atoms with Crippen LogP contribution in [-0.4, -0.2) is 44.2 Å². The van der Waals surface area contributed by atoms with Crippen molar-refractivity contribution in [2.75, 3.05) is 13.2 Å². The summed E-state index contributed by atoms with van der Waals surface area (Å²) in [6.07, 6.45) is 1.29. The summed E-state index contributed by atoms with van der Waals surface area (Å²) in [4.78, 5) is 22.9. The third-order valence-corrected chi connectivity index (χ3v) is 5.64. The van der Waals surface area contributed by atoms with Gasteiger partial charge in [-0.3, -0.25) is 4.79 Å². The Labute approximate surface area is 161 Å². The first-order valence-corrected chi connectivity index (χ1v) is 9.37. The lowest BCUT2D eigenvalue weighted by Gasteiger charge is -2.24. The number of nitrogens with zero attached hydrogens (tertiary/aromatic N) is 4. The molecule has 1 fully saturated rings. The molecule has 28 heavy (non-hydrogen) atoms. The number of aliphatic hydroxyl groups excluding tert-OH is 1. The van der Waals surface area contributed by atoms with Gasteiger partial charge < -0.3 is 18.9 Å². The van der Waals surface area contributed by atoms with Gasteiger partial charge in [0.2, 0.25) is 17.5 Å². The van der Waals surface area contributed by atoms with Crippen molar-refractivity contribution >= 4 is 5.91 Å². The highest BCUT2D eigenvalue weighted by molar-refractivity contribution is 5.81. The van der Waals surface area contributed by atoms with Gasteiger partial charge in [0, 0.05) is 25.5 Å². The molecule has 1 amide bonds. The van der Waals surface area contributed by atoms with Gasteiger partial charge in [0.15, 0.2) is 5.89 Å². The average Bonchev–Trinajstić information content (AvgIpc) is 3.40. The molecule has 2 atom stereocenters. The molecule has 1 N–H and O–H groups in total. The average molecular weight is 380 g/mol. The summed E-state index contributed by atoms with van der Waals surface area (Å²) in [6, 6.07) is 6.00. The van der Waals surface area contributed by atoms with Gasteiger partial charge in [-0.15, -0.1) is 0 Å². The molecule has 0 radical (unpaired) electrons. The minimum absolute atomic E-state index is 0.0140. The smallest absolute Gasteiger partial charge is 0.295 e. The van der Waals surface area contributed by atoms with Gasteiger partial charge in [0.05, 0.1) is 18.3 Å². The molecule has 5 rings (SSSR count). The van der Waals surface area contributed by atoms with Crippen molar-refractivity contribution in [1.82, 2.24) is 20.0 Å². The standard InChI is InChI=1S/C20H20N4O4/c1-10-18(27-11(2)21-10)20-22-19(23-28-20)14-5-3-4-13-15(14)8-12-9-16(26)24(6-7-25)17(12)13/h3-5,12,17,25H,6-9H2,1-2H3/t12-,17+/m0/s1. The van der Waals surface area contributed by atoms with Crippen LogP contribution >= 0.6 is 0 Å². The molecule has 0 bridgehead atoms. The molecular formula is C20H20N4O4. The maximum Gasteiger partial charge on any atom is 0.295 e. The van der Waals surface area contributed by atoms with E-state index < -0.39 is 0 Å². The van der Waals surface area contributed by atoms with Crippen LogP contribution in [0.3, 0.4) is 0 Å². The van der Waals surface area contributed by atoms with Crippen LogP contribution in [0.5, 0.6) is 0 Å². The third kappa shape index (κ3) is 2.48. The Morgan fingerprint density at radius 1 is 1.25 bits per heavy atom. The number of aryl methyl sites for hydroxylation is 2. The van der Waals surface area contributed by atoms with E-state index >= 15 is 0 Å². The van der Waals surface area contributed by atoms with Crippen molar-refractivity contribution in [3.05, 3.63) is 40.9 Å². The number of aliphatic hydroxyl groups is 1. The fourth-order valence-electron chi connectivity index (χ4n) is 4.58. The van der Waals surface area contributed by atoms with Crippen molar-refractivity contribution in [2.45, 2.75) is 32.7 Å². The molecule has 1 saturated heterocycles. The van der Waals surface area contributed by atoms with Crippen LogP contribution in [0.2, 0.25) is 0 Å². The van der Waals surface area contributed by atoms with Crippen molar-refractivity contribution < 1.29 is 18.8 Å². The first kappa shape index (κ1) is 17.1. The number of hydrogen-bond acceptors (Lipinski definition) is 7.